The number of ether oxygens (including phenoxy) is 1. The van der Waals surface area contributed by atoms with Gasteiger partial charge in [0, 0.05) is 18.9 Å². The summed E-state index contributed by atoms with van der Waals surface area (Å²) in [5.41, 5.74) is 0. The van der Waals surface area contributed by atoms with Crippen molar-refractivity contribution in [1.29, 1.82) is 0 Å². The van der Waals surface area contributed by atoms with E-state index in [0.717, 1.165) is 17.5 Å². The molecule has 2 rings (SSSR count). The van der Waals surface area contributed by atoms with Crippen LogP contribution in [-0.4, -0.2) is 35.1 Å². The second-order valence-corrected chi connectivity index (χ2v) is 4.42. The Kier molecular flexibility index (Phi) is 4.08. The summed E-state index contributed by atoms with van der Waals surface area (Å²) in [4.78, 5) is 11.8. The Morgan fingerprint density at radius 1 is 1.58 bits per heavy atom. The third-order valence-electron chi connectivity index (χ3n) is 2.76. The Hall–Kier alpha value is -1.57. The van der Waals surface area contributed by atoms with Gasteiger partial charge in [-0.05, 0) is 12.8 Å². The van der Waals surface area contributed by atoms with Gasteiger partial charge in [0.05, 0.1) is 12.5 Å². The highest BCUT2D eigenvalue weighted by Gasteiger charge is 2.28. The lowest BCUT2D eigenvalue weighted by atomic mass is 10.0. The molecule has 0 aliphatic carbocycles. The number of hydrogen-bond donors (Lipinski definition) is 1. The molecule has 106 valence electrons. The van der Waals surface area contributed by atoms with Crippen LogP contribution in [0.5, 0.6) is 0 Å². The summed E-state index contributed by atoms with van der Waals surface area (Å²) in [7, 11) is 0. The van der Waals surface area contributed by atoms with Crippen molar-refractivity contribution in [2.45, 2.75) is 25.6 Å². The molecular formula is C11H14F3N3O2. The van der Waals surface area contributed by atoms with Gasteiger partial charge in [-0.15, -0.1) is 0 Å². The molecule has 0 spiro atoms. The van der Waals surface area contributed by atoms with E-state index in [1.165, 1.54) is 12.3 Å². The number of carbonyl (C=O) groups excluding carboxylic acids is 1. The molecule has 8 heteroatoms. The van der Waals surface area contributed by atoms with Crippen molar-refractivity contribution in [3.05, 3.63) is 12.3 Å². The van der Waals surface area contributed by atoms with Crippen LogP contribution in [0, 0.1) is 5.92 Å². The SMILES string of the molecule is O=C(Nc1ccn(CC(F)(F)F)n1)[C@H]1CCCOC1. The van der Waals surface area contributed by atoms with Gasteiger partial charge < -0.3 is 10.1 Å². The molecular weight excluding hydrogens is 263 g/mol. The van der Waals surface area contributed by atoms with Gasteiger partial charge in [0.1, 0.15) is 6.54 Å². The van der Waals surface area contributed by atoms with Crippen molar-refractivity contribution in [3.63, 3.8) is 0 Å². The van der Waals surface area contributed by atoms with Crippen molar-refractivity contribution >= 4 is 11.7 Å². The highest BCUT2D eigenvalue weighted by molar-refractivity contribution is 5.91. The smallest absolute Gasteiger partial charge is 0.381 e. The van der Waals surface area contributed by atoms with Gasteiger partial charge in [0.2, 0.25) is 5.91 Å². The molecule has 0 aromatic carbocycles. The highest BCUT2D eigenvalue weighted by Crippen LogP contribution is 2.19. The number of alkyl halides is 3. The van der Waals surface area contributed by atoms with Crippen molar-refractivity contribution in [3.8, 4) is 0 Å². The normalized spacial score (nSPS) is 20.3. The number of nitrogens with zero attached hydrogens (tertiary/aromatic N) is 2. The van der Waals surface area contributed by atoms with Crippen molar-refractivity contribution in [1.82, 2.24) is 9.78 Å². The van der Waals surface area contributed by atoms with E-state index in [0.29, 0.717) is 13.2 Å². The van der Waals surface area contributed by atoms with Gasteiger partial charge in [-0.1, -0.05) is 0 Å². The Bertz CT molecular complexity index is 439. The first kappa shape index (κ1) is 13.9. The summed E-state index contributed by atoms with van der Waals surface area (Å²) in [6.45, 7) is -0.186. The van der Waals surface area contributed by atoms with Crippen LogP contribution in [0.2, 0.25) is 0 Å². The quantitative estimate of drug-likeness (QED) is 0.916. The van der Waals surface area contributed by atoms with Crippen LogP contribution in [0.1, 0.15) is 12.8 Å². The second-order valence-electron chi connectivity index (χ2n) is 4.42. The van der Waals surface area contributed by atoms with E-state index < -0.39 is 12.7 Å². The fraction of sp³-hybridized carbons (Fsp3) is 0.636. The van der Waals surface area contributed by atoms with Gasteiger partial charge in [-0.2, -0.15) is 18.3 Å². The molecule has 1 aromatic heterocycles. The lowest BCUT2D eigenvalue weighted by Gasteiger charge is -2.20. The number of nitrogens with one attached hydrogen (secondary N) is 1. The summed E-state index contributed by atoms with van der Waals surface area (Å²) in [5.74, 6) is -0.404. The molecule has 5 nitrogen and oxygen atoms in total. The number of amides is 1. The number of rotatable bonds is 3. The Balaban J connectivity index is 1.90. The van der Waals surface area contributed by atoms with Gasteiger partial charge in [0.15, 0.2) is 5.82 Å². The molecule has 1 atom stereocenters. The highest BCUT2D eigenvalue weighted by atomic mass is 19.4. The molecule has 1 aliphatic rings. The van der Waals surface area contributed by atoms with Crippen LogP contribution in [0.3, 0.4) is 0 Å². The molecule has 1 saturated heterocycles. The first-order valence-electron chi connectivity index (χ1n) is 5.93. The monoisotopic (exact) mass is 277 g/mol. The van der Waals surface area contributed by atoms with E-state index in [2.05, 4.69) is 10.4 Å². The van der Waals surface area contributed by atoms with Crippen LogP contribution < -0.4 is 5.32 Å². The molecule has 1 amide bonds. The molecule has 0 radical (unpaired) electrons. The first-order chi connectivity index (χ1) is 8.94. The molecule has 2 heterocycles. The van der Waals surface area contributed by atoms with Crippen LogP contribution in [-0.2, 0) is 16.1 Å². The zero-order chi connectivity index (χ0) is 13.9. The molecule has 1 N–H and O–H groups in total. The number of anilines is 1. The molecule has 0 saturated carbocycles. The summed E-state index contributed by atoms with van der Waals surface area (Å²) in [5, 5.41) is 6.15. The third kappa shape index (κ3) is 4.23. The summed E-state index contributed by atoms with van der Waals surface area (Å²) >= 11 is 0. The lowest BCUT2D eigenvalue weighted by molar-refractivity contribution is -0.142. The van der Waals surface area contributed by atoms with Crippen molar-refractivity contribution in [2.75, 3.05) is 18.5 Å². The third-order valence-corrected chi connectivity index (χ3v) is 2.76. The standard InChI is InChI=1S/C11H14F3N3O2/c12-11(13,14)7-17-4-3-9(16-17)15-10(18)8-2-1-5-19-6-8/h3-4,8H,1-2,5-7H2,(H,15,16,18)/t8-/m0/s1. The van der Waals surface area contributed by atoms with Crippen LogP contribution in [0.15, 0.2) is 12.3 Å². The summed E-state index contributed by atoms with van der Waals surface area (Å²) < 4.78 is 42.3. The minimum atomic E-state index is -4.33. The maximum atomic E-state index is 12.1. The lowest BCUT2D eigenvalue weighted by Crippen LogP contribution is -2.30. The van der Waals surface area contributed by atoms with Gasteiger partial charge in [-0.25, -0.2) is 0 Å². The maximum absolute atomic E-state index is 12.1. The van der Waals surface area contributed by atoms with E-state index >= 15 is 0 Å². The molecule has 19 heavy (non-hydrogen) atoms. The minimum absolute atomic E-state index is 0.125. The zero-order valence-corrected chi connectivity index (χ0v) is 10.1. The molecule has 1 fully saturated rings. The Morgan fingerprint density at radius 3 is 3.00 bits per heavy atom. The predicted octanol–water partition coefficient (Wildman–Crippen LogP) is 1.81. The number of halogens is 3. The van der Waals surface area contributed by atoms with E-state index in [9.17, 15) is 18.0 Å². The number of aromatic nitrogens is 2. The van der Waals surface area contributed by atoms with E-state index in [4.69, 9.17) is 4.74 Å². The van der Waals surface area contributed by atoms with Crippen LogP contribution in [0.25, 0.3) is 0 Å². The topological polar surface area (TPSA) is 56.2 Å². The Labute approximate surface area is 107 Å². The minimum Gasteiger partial charge on any atom is -0.381 e. The largest absolute Gasteiger partial charge is 0.408 e. The number of hydrogen-bond acceptors (Lipinski definition) is 3. The van der Waals surface area contributed by atoms with Gasteiger partial charge in [-0.3, -0.25) is 9.48 Å². The van der Waals surface area contributed by atoms with E-state index in [-0.39, 0.29) is 17.6 Å². The number of carbonyl (C=O) groups is 1. The van der Waals surface area contributed by atoms with E-state index in [1.54, 1.807) is 0 Å². The fourth-order valence-corrected chi connectivity index (χ4v) is 1.88. The maximum Gasteiger partial charge on any atom is 0.408 e. The fourth-order valence-electron chi connectivity index (χ4n) is 1.88. The van der Waals surface area contributed by atoms with Gasteiger partial charge in [0.25, 0.3) is 0 Å². The summed E-state index contributed by atoms with van der Waals surface area (Å²) in [6.07, 6.45) is -1.62. The molecule has 0 bridgehead atoms. The second kappa shape index (κ2) is 5.60. The molecule has 1 aromatic rings. The Morgan fingerprint density at radius 2 is 2.37 bits per heavy atom. The van der Waals surface area contributed by atoms with Gasteiger partial charge >= 0.3 is 6.18 Å². The van der Waals surface area contributed by atoms with E-state index in [1.807, 2.05) is 0 Å². The molecule has 1 aliphatic heterocycles. The zero-order valence-electron chi connectivity index (χ0n) is 10.1. The average molecular weight is 277 g/mol. The predicted molar refractivity (Wildman–Crippen MR) is 60.5 cm³/mol. The first-order valence-corrected chi connectivity index (χ1v) is 5.93. The van der Waals surface area contributed by atoms with Crippen molar-refractivity contribution in [2.24, 2.45) is 5.92 Å². The summed E-state index contributed by atoms with van der Waals surface area (Å²) in [6, 6.07) is 1.34. The molecule has 0 unspecified atom stereocenters. The van der Waals surface area contributed by atoms with Crippen LogP contribution >= 0.6 is 0 Å². The van der Waals surface area contributed by atoms with Crippen LogP contribution in [0.4, 0.5) is 19.0 Å². The van der Waals surface area contributed by atoms with Crippen molar-refractivity contribution < 1.29 is 22.7 Å². The average Bonchev–Trinajstić information content (AvgIpc) is 2.75.